The number of amides is 1. The van der Waals surface area contributed by atoms with E-state index in [0.717, 1.165) is 5.56 Å². The highest BCUT2D eigenvalue weighted by molar-refractivity contribution is 6.35. The SMILES string of the molecule is COc1ccc(OC)c(C(C)NC(=O)COC(=O)C(C)Oc2ccc(Cl)cc2Cl)c1. The molecule has 30 heavy (non-hydrogen) atoms. The van der Waals surface area contributed by atoms with Crippen LogP contribution < -0.4 is 19.5 Å². The average Bonchev–Trinajstić information content (AvgIpc) is 2.73. The molecular weight excluding hydrogens is 433 g/mol. The Morgan fingerprint density at radius 2 is 1.70 bits per heavy atom. The van der Waals surface area contributed by atoms with Gasteiger partial charge in [-0.15, -0.1) is 0 Å². The Balaban J connectivity index is 1.89. The first-order valence-electron chi connectivity index (χ1n) is 9.04. The summed E-state index contributed by atoms with van der Waals surface area (Å²) < 4.78 is 21.0. The number of halogens is 2. The lowest BCUT2D eigenvalue weighted by molar-refractivity contribution is -0.154. The van der Waals surface area contributed by atoms with Gasteiger partial charge in [0, 0.05) is 10.6 Å². The molecule has 0 radical (unpaired) electrons. The van der Waals surface area contributed by atoms with Gasteiger partial charge in [0.25, 0.3) is 5.91 Å². The highest BCUT2D eigenvalue weighted by Crippen LogP contribution is 2.30. The van der Waals surface area contributed by atoms with Gasteiger partial charge in [0.05, 0.1) is 25.3 Å². The summed E-state index contributed by atoms with van der Waals surface area (Å²) in [6, 6.07) is 9.50. The van der Waals surface area contributed by atoms with Gasteiger partial charge in [-0.25, -0.2) is 4.79 Å². The minimum Gasteiger partial charge on any atom is -0.497 e. The minimum absolute atomic E-state index is 0.265. The van der Waals surface area contributed by atoms with E-state index >= 15 is 0 Å². The fraction of sp³-hybridized carbons (Fsp3) is 0.333. The average molecular weight is 456 g/mol. The Kier molecular flexibility index (Phi) is 8.62. The third-order valence-electron chi connectivity index (χ3n) is 4.16. The number of rotatable bonds is 9. The predicted octanol–water partition coefficient (Wildman–Crippen LogP) is 4.20. The van der Waals surface area contributed by atoms with Crippen molar-refractivity contribution in [2.24, 2.45) is 0 Å². The number of benzene rings is 2. The molecule has 0 aliphatic heterocycles. The summed E-state index contributed by atoms with van der Waals surface area (Å²) in [5.41, 5.74) is 0.727. The van der Waals surface area contributed by atoms with Gasteiger partial charge in [0.2, 0.25) is 0 Å². The zero-order valence-electron chi connectivity index (χ0n) is 17.0. The molecule has 162 valence electrons. The number of carbonyl (C=O) groups excluding carboxylic acids is 2. The van der Waals surface area contributed by atoms with Gasteiger partial charge >= 0.3 is 5.97 Å². The van der Waals surface area contributed by atoms with Crippen LogP contribution in [0.25, 0.3) is 0 Å². The van der Waals surface area contributed by atoms with Gasteiger partial charge in [-0.1, -0.05) is 23.2 Å². The van der Waals surface area contributed by atoms with Crippen LogP contribution in [0.15, 0.2) is 36.4 Å². The quantitative estimate of drug-likeness (QED) is 0.570. The van der Waals surface area contributed by atoms with E-state index in [4.69, 9.17) is 42.1 Å². The second-order valence-corrected chi connectivity index (χ2v) is 7.18. The number of ether oxygens (including phenoxy) is 4. The lowest BCUT2D eigenvalue weighted by Crippen LogP contribution is -2.34. The third kappa shape index (κ3) is 6.43. The van der Waals surface area contributed by atoms with Crippen molar-refractivity contribution in [3.8, 4) is 17.2 Å². The Morgan fingerprint density at radius 3 is 2.33 bits per heavy atom. The van der Waals surface area contributed by atoms with Crippen molar-refractivity contribution in [3.63, 3.8) is 0 Å². The molecule has 0 saturated carbocycles. The molecule has 0 saturated heterocycles. The molecule has 9 heteroatoms. The summed E-state index contributed by atoms with van der Waals surface area (Å²) in [6.07, 6.45) is -0.965. The highest BCUT2D eigenvalue weighted by atomic mass is 35.5. The van der Waals surface area contributed by atoms with Gasteiger partial charge in [-0.05, 0) is 50.2 Å². The number of nitrogens with one attached hydrogen (secondary N) is 1. The molecule has 1 N–H and O–H groups in total. The van der Waals surface area contributed by atoms with E-state index in [0.29, 0.717) is 16.5 Å². The molecule has 2 aromatic carbocycles. The number of methoxy groups -OCH3 is 2. The van der Waals surface area contributed by atoms with E-state index < -0.39 is 30.6 Å². The van der Waals surface area contributed by atoms with Gasteiger partial charge in [-0.3, -0.25) is 4.79 Å². The molecule has 2 rings (SSSR count). The summed E-state index contributed by atoms with van der Waals surface area (Å²) in [7, 11) is 3.09. The molecule has 2 aromatic rings. The first kappa shape index (κ1) is 23.6. The van der Waals surface area contributed by atoms with Gasteiger partial charge in [0.1, 0.15) is 17.2 Å². The summed E-state index contributed by atoms with van der Waals surface area (Å²) in [5.74, 6) is 0.335. The van der Waals surface area contributed by atoms with Crippen molar-refractivity contribution < 1.29 is 28.5 Å². The first-order valence-corrected chi connectivity index (χ1v) is 9.80. The fourth-order valence-electron chi connectivity index (χ4n) is 2.60. The maximum atomic E-state index is 12.2. The van der Waals surface area contributed by atoms with E-state index in [1.54, 1.807) is 44.4 Å². The van der Waals surface area contributed by atoms with Crippen molar-refractivity contribution in [3.05, 3.63) is 52.0 Å². The Hall–Kier alpha value is -2.64. The number of hydrogen-bond acceptors (Lipinski definition) is 6. The zero-order chi connectivity index (χ0) is 22.3. The smallest absolute Gasteiger partial charge is 0.347 e. The van der Waals surface area contributed by atoms with Gasteiger partial charge in [0.15, 0.2) is 12.7 Å². The molecule has 0 aliphatic rings. The van der Waals surface area contributed by atoms with Crippen molar-refractivity contribution in [1.29, 1.82) is 0 Å². The van der Waals surface area contributed by atoms with Crippen LogP contribution >= 0.6 is 23.2 Å². The normalized spacial score (nSPS) is 12.5. The third-order valence-corrected chi connectivity index (χ3v) is 4.69. The van der Waals surface area contributed by atoms with E-state index in [2.05, 4.69) is 5.32 Å². The maximum absolute atomic E-state index is 12.2. The molecule has 0 fully saturated rings. The van der Waals surface area contributed by atoms with Crippen molar-refractivity contribution in [1.82, 2.24) is 5.32 Å². The molecular formula is C21H23Cl2NO6. The van der Waals surface area contributed by atoms with Gasteiger partial charge < -0.3 is 24.3 Å². The predicted molar refractivity (Wildman–Crippen MR) is 114 cm³/mol. The van der Waals surface area contributed by atoms with E-state index in [-0.39, 0.29) is 10.8 Å². The largest absolute Gasteiger partial charge is 0.497 e. The van der Waals surface area contributed by atoms with Crippen LogP contribution in [0.1, 0.15) is 25.5 Å². The summed E-state index contributed by atoms with van der Waals surface area (Å²) in [5, 5.41) is 3.46. The molecule has 7 nitrogen and oxygen atoms in total. The van der Waals surface area contributed by atoms with Crippen LogP contribution in [0, 0.1) is 0 Å². The number of carbonyl (C=O) groups is 2. The van der Waals surface area contributed by atoms with E-state index in [1.165, 1.54) is 20.1 Å². The van der Waals surface area contributed by atoms with Crippen molar-refractivity contribution >= 4 is 35.1 Å². The molecule has 0 bridgehead atoms. The lowest BCUT2D eigenvalue weighted by atomic mass is 10.1. The number of hydrogen-bond donors (Lipinski definition) is 1. The molecule has 0 aromatic heterocycles. The maximum Gasteiger partial charge on any atom is 0.347 e. The van der Waals surface area contributed by atoms with E-state index in [9.17, 15) is 9.59 Å². The summed E-state index contributed by atoms with van der Waals surface area (Å²) in [6.45, 7) is 2.82. The number of esters is 1. The Labute approximate surface area is 185 Å². The molecule has 0 aliphatic carbocycles. The Morgan fingerprint density at radius 1 is 1.00 bits per heavy atom. The monoisotopic (exact) mass is 455 g/mol. The van der Waals surface area contributed by atoms with Crippen molar-refractivity contribution in [2.45, 2.75) is 26.0 Å². The molecule has 2 atom stereocenters. The van der Waals surface area contributed by atoms with E-state index in [1.807, 2.05) is 0 Å². The minimum atomic E-state index is -0.965. The van der Waals surface area contributed by atoms with Crippen LogP contribution in [-0.2, 0) is 14.3 Å². The van der Waals surface area contributed by atoms with Crippen LogP contribution in [-0.4, -0.2) is 38.8 Å². The summed E-state index contributed by atoms with van der Waals surface area (Å²) >= 11 is 11.9. The molecule has 0 spiro atoms. The summed E-state index contributed by atoms with van der Waals surface area (Å²) in [4.78, 5) is 24.4. The van der Waals surface area contributed by atoms with Crippen LogP contribution in [0.2, 0.25) is 10.0 Å². The topological polar surface area (TPSA) is 83.1 Å². The fourth-order valence-corrected chi connectivity index (χ4v) is 3.06. The Bertz CT molecular complexity index is 905. The molecule has 2 unspecified atom stereocenters. The zero-order valence-corrected chi connectivity index (χ0v) is 18.5. The van der Waals surface area contributed by atoms with Crippen LogP contribution in [0.5, 0.6) is 17.2 Å². The first-order chi connectivity index (χ1) is 14.2. The molecule has 0 heterocycles. The molecule has 1 amide bonds. The lowest BCUT2D eigenvalue weighted by Gasteiger charge is -2.19. The standard InChI is InChI=1S/C21H23Cl2NO6/c1-12(16-10-15(27-3)6-8-18(16)28-4)24-20(25)11-29-21(26)13(2)30-19-7-5-14(22)9-17(19)23/h5-10,12-13H,11H2,1-4H3,(H,24,25). The van der Waals surface area contributed by atoms with Crippen LogP contribution in [0.3, 0.4) is 0 Å². The second kappa shape index (κ2) is 10.9. The highest BCUT2D eigenvalue weighted by Gasteiger charge is 2.20. The van der Waals surface area contributed by atoms with Gasteiger partial charge in [-0.2, -0.15) is 0 Å². The van der Waals surface area contributed by atoms with Crippen LogP contribution in [0.4, 0.5) is 0 Å². The van der Waals surface area contributed by atoms with Crippen molar-refractivity contribution in [2.75, 3.05) is 20.8 Å². The second-order valence-electron chi connectivity index (χ2n) is 6.34.